The van der Waals surface area contributed by atoms with Crippen molar-refractivity contribution in [2.45, 2.75) is 64.8 Å². The van der Waals surface area contributed by atoms with Gasteiger partial charge in [-0.05, 0) is 40.0 Å². The average molecular weight is 279 g/mol. The number of piperidine rings is 1. The molecular formula is C13H23F2NO3. The molecule has 1 aliphatic rings. The summed E-state index contributed by atoms with van der Waals surface area (Å²) in [4.78, 5) is 13.4. The minimum atomic E-state index is -2.77. The van der Waals surface area contributed by atoms with E-state index < -0.39 is 23.9 Å². The predicted octanol–water partition coefficient (Wildman–Crippen LogP) is 3.41. The molecule has 1 fully saturated rings. The minimum absolute atomic E-state index is 0.384. The summed E-state index contributed by atoms with van der Waals surface area (Å²) < 4.78 is 34.8. The summed E-state index contributed by atoms with van der Waals surface area (Å²) in [7, 11) is 0. The number of carbonyl (C=O) groups is 1. The molecule has 0 atom stereocenters. The van der Waals surface area contributed by atoms with E-state index >= 15 is 0 Å². The van der Waals surface area contributed by atoms with Crippen LogP contribution in [0.2, 0.25) is 0 Å². The molecule has 1 heterocycles. The Labute approximate surface area is 113 Å². The largest absolute Gasteiger partial charge is 0.444 e. The molecule has 4 nitrogen and oxygen atoms in total. The van der Waals surface area contributed by atoms with E-state index in [1.165, 1.54) is 0 Å². The van der Waals surface area contributed by atoms with Crippen LogP contribution in [-0.4, -0.2) is 41.9 Å². The van der Waals surface area contributed by atoms with Crippen LogP contribution in [0.25, 0.3) is 0 Å². The lowest BCUT2D eigenvalue weighted by Crippen LogP contribution is -2.49. The number of nitrogens with zero attached hydrogens (tertiary/aromatic N) is 1. The molecule has 0 saturated carbocycles. The number of ether oxygens (including phenoxy) is 2. The SMILES string of the molecule is CCC1(OC(F)F)CCN(C(=O)OC(C)(C)C)CC1. The van der Waals surface area contributed by atoms with Crippen molar-refractivity contribution in [2.24, 2.45) is 0 Å². The first kappa shape index (κ1) is 16.1. The first-order chi connectivity index (χ1) is 8.67. The van der Waals surface area contributed by atoms with Gasteiger partial charge in [-0.15, -0.1) is 0 Å². The molecule has 6 heteroatoms. The fourth-order valence-electron chi connectivity index (χ4n) is 2.17. The van der Waals surface area contributed by atoms with E-state index in [1.54, 1.807) is 25.7 Å². The minimum Gasteiger partial charge on any atom is -0.444 e. The predicted molar refractivity (Wildman–Crippen MR) is 67.2 cm³/mol. The normalized spacial score (nSPS) is 19.6. The van der Waals surface area contributed by atoms with Crippen molar-refractivity contribution in [1.82, 2.24) is 4.90 Å². The molecule has 1 saturated heterocycles. The number of hydrogen-bond donors (Lipinski definition) is 0. The molecule has 0 unspecified atom stereocenters. The monoisotopic (exact) mass is 279 g/mol. The molecule has 1 aliphatic heterocycles. The van der Waals surface area contributed by atoms with Gasteiger partial charge >= 0.3 is 12.7 Å². The molecule has 0 aromatic carbocycles. The zero-order valence-electron chi connectivity index (χ0n) is 12.0. The highest BCUT2D eigenvalue weighted by Crippen LogP contribution is 2.32. The van der Waals surface area contributed by atoms with E-state index in [9.17, 15) is 13.6 Å². The van der Waals surface area contributed by atoms with Gasteiger partial charge in [-0.1, -0.05) is 6.92 Å². The molecule has 0 N–H and O–H groups in total. The first-order valence-electron chi connectivity index (χ1n) is 6.61. The number of hydrogen-bond acceptors (Lipinski definition) is 3. The van der Waals surface area contributed by atoms with Crippen molar-refractivity contribution in [2.75, 3.05) is 13.1 Å². The van der Waals surface area contributed by atoms with Gasteiger partial charge in [-0.3, -0.25) is 0 Å². The number of alkyl halides is 2. The molecule has 0 aromatic rings. The van der Waals surface area contributed by atoms with Gasteiger partial charge in [0.2, 0.25) is 0 Å². The van der Waals surface area contributed by atoms with Crippen molar-refractivity contribution < 1.29 is 23.0 Å². The zero-order valence-corrected chi connectivity index (χ0v) is 12.0. The molecule has 0 aliphatic carbocycles. The van der Waals surface area contributed by atoms with E-state index in [0.29, 0.717) is 32.4 Å². The number of rotatable bonds is 3. The second kappa shape index (κ2) is 6.03. The van der Waals surface area contributed by atoms with E-state index in [4.69, 9.17) is 9.47 Å². The Morgan fingerprint density at radius 2 is 1.84 bits per heavy atom. The summed E-state index contributed by atoms with van der Waals surface area (Å²) in [5.41, 5.74) is -1.36. The molecule has 0 spiro atoms. The second-order valence-corrected chi connectivity index (χ2v) is 5.88. The maximum absolute atomic E-state index is 12.4. The Morgan fingerprint density at radius 3 is 2.21 bits per heavy atom. The summed E-state index contributed by atoms with van der Waals surface area (Å²) in [6.07, 6.45) is 0.939. The summed E-state index contributed by atoms with van der Waals surface area (Å²) in [6, 6.07) is 0. The van der Waals surface area contributed by atoms with Crippen LogP contribution in [0, 0.1) is 0 Å². The molecule has 0 radical (unpaired) electrons. The molecule has 19 heavy (non-hydrogen) atoms. The van der Waals surface area contributed by atoms with Gasteiger partial charge in [-0.2, -0.15) is 8.78 Å². The molecule has 0 bridgehead atoms. The summed E-state index contributed by atoms with van der Waals surface area (Å²) in [5, 5.41) is 0. The smallest absolute Gasteiger partial charge is 0.410 e. The van der Waals surface area contributed by atoms with Crippen molar-refractivity contribution >= 4 is 6.09 Å². The maximum Gasteiger partial charge on any atom is 0.410 e. The lowest BCUT2D eigenvalue weighted by molar-refractivity contribution is -0.222. The third-order valence-corrected chi connectivity index (χ3v) is 3.31. The van der Waals surface area contributed by atoms with Gasteiger partial charge in [0.25, 0.3) is 0 Å². The quantitative estimate of drug-likeness (QED) is 0.794. The van der Waals surface area contributed by atoms with Gasteiger partial charge in [0.05, 0.1) is 5.60 Å². The van der Waals surface area contributed by atoms with E-state index in [1.807, 2.05) is 6.92 Å². The van der Waals surface area contributed by atoms with Crippen LogP contribution in [0.5, 0.6) is 0 Å². The zero-order chi connectivity index (χ0) is 14.7. The number of halogens is 2. The van der Waals surface area contributed by atoms with E-state index in [0.717, 1.165) is 0 Å². The van der Waals surface area contributed by atoms with E-state index in [2.05, 4.69) is 0 Å². The Balaban J connectivity index is 2.54. The van der Waals surface area contributed by atoms with Crippen LogP contribution >= 0.6 is 0 Å². The van der Waals surface area contributed by atoms with Gasteiger partial charge < -0.3 is 14.4 Å². The van der Waals surface area contributed by atoms with Crippen molar-refractivity contribution in [3.05, 3.63) is 0 Å². The number of carbonyl (C=O) groups excluding carboxylic acids is 1. The van der Waals surface area contributed by atoms with Crippen molar-refractivity contribution in [1.29, 1.82) is 0 Å². The van der Waals surface area contributed by atoms with Gasteiger partial charge in [0.15, 0.2) is 0 Å². The summed E-state index contributed by atoms with van der Waals surface area (Å²) >= 11 is 0. The van der Waals surface area contributed by atoms with Gasteiger partial charge in [0, 0.05) is 13.1 Å². The third-order valence-electron chi connectivity index (χ3n) is 3.31. The fourth-order valence-corrected chi connectivity index (χ4v) is 2.17. The van der Waals surface area contributed by atoms with Crippen LogP contribution in [0.1, 0.15) is 47.0 Å². The Kier molecular flexibility index (Phi) is 5.12. The van der Waals surface area contributed by atoms with Crippen molar-refractivity contribution in [3.63, 3.8) is 0 Å². The van der Waals surface area contributed by atoms with Crippen LogP contribution in [0.3, 0.4) is 0 Å². The molecule has 0 aromatic heterocycles. The highest BCUT2D eigenvalue weighted by molar-refractivity contribution is 5.68. The Bertz CT molecular complexity index is 308. The number of likely N-dealkylation sites (tertiary alicyclic amines) is 1. The second-order valence-electron chi connectivity index (χ2n) is 5.88. The van der Waals surface area contributed by atoms with Crippen LogP contribution in [-0.2, 0) is 9.47 Å². The fraction of sp³-hybridized carbons (Fsp3) is 0.923. The van der Waals surface area contributed by atoms with Gasteiger partial charge in [-0.25, -0.2) is 4.79 Å². The third kappa shape index (κ3) is 4.93. The van der Waals surface area contributed by atoms with E-state index in [-0.39, 0.29) is 0 Å². The lowest BCUT2D eigenvalue weighted by atomic mass is 9.89. The summed E-state index contributed by atoms with van der Waals surface area (Å²) in [6.45, 7) is 5.21. The summed E-state index contributed by atoms with van der Waals surface area (Å²) in [5.74, 6) is 0. The maximum atomic E-state index is 12.4. The molecular weight excluding hydrogens is 256 g/mol. The first-order valence-corrected chi connectivity index (χ1v) is 6.61. The standard InChI is InChI=1S/C13H23F2NO3/c1-5-13(18-10(14)15)6-8-16(9-7-13)11(17)19-12(2,3)4/h10H,5-9H2,1-4H3. The topological polar surface area (TPSA) is 38.8 Å². The van der Waals surface area contributed by atoms with Crippen LogP contribution in [0.15, 0.2) is 0 Å². The van der Waals surface area contributed by atoms with Crippen LogP contribution in [0.4, 0.5) is 13.6 Å². The van der Waals surface area contributed by atoms with Crippen molar-refractivity contribution in [3.8, 4) is 0 Å². The van der Waals surface area contributed by atoms with Crippen LogP contribution < -0.4 is 0 Å². The molecule has 1 amide bonds. The van der Waals surface area contributed by atoms with Gasteiger partial charge in [0.1, 0.15) is 5.60 Å². The lowest BCUT2D eigenvalue weighted by Gasteiger charge is -2.41. The Morgan fingerprint density at radius 1 is 1.32 bits per heavy atom. The average Bonchev–Trinajstić information content (AvgIpc) is 2.26. The number of amides is 1. The highest BCUT2D eigenvalue weighted by atomic mass is 19.3. The molecule has 1 rings (SSSR count). The Hall–Kier alpha value is -0.910. The highest BCUT2D eigenvalue weighted by Gasteiger charge is 2.38. The molecule has 112 valence electrons.